The van der Waals surface area contributed by atoms with E-state index >= 15 is 0 Å². The predicted molar refractivity (Wildman–Crippen MR) is 84.3 cm³/mol. The highest BCUT2D eigenvalue weighted by Crippen LogP contribution is 2.80. The Labute approximate surface area is 140 Å². The predicted octanol–water partition coefficient (Wildman–Crippen LogP) is 0.435. The Morgan fingerprint density at radius 1 is 1.32 bits per heavy atom. The van der Waals surface area contributed by atoms with Crippen molar-refractivity contribution in [2.75, 3.05) is 12.4 Å². The highest BCUT2D eigenvalue weighted by atomic mass is 79.9. The number of nitrogens with one attached hydrogen (secondary N) is 1. The Balaban J connectivity index is 1.92. The van der Waals surface area contributed by atoms with Gasteiger partial charge in [-0.3, -0.25) is 5.73 Å². The van der Waals surface area contributed by atoms with E-state index in [4.69, 9.17) is 10.5 Å². The number of hydrogen-bond donors (Lipinski definition) is 2. The molecule has 1 saturated carbocycles. The van der Waals surface area contributed by atoms with Crippen molar-refractivity contribution in [2.45, 2.75) is 11.0 Å². The van der Waals surface area contributed by atoms with Gasteiger partial charge in [0.1, 0.15) is 0 Å². The first-order valence-corrected chi connectivity index (χ1v) is 8.63. The van der Waals surface area contributed by atoms with E-state index in [1.165, 1.54) is 11.8 Å². The van der Waals surface area contributed by atoms with Crippen molar-refractivity contribution in [1.82, 2.24) is 0 Å². The minimum absolute atomic E-state index is 0.282. The molecule has 2 heterocycles. The van der Waals surface area contributed by atoms with Crippen molar-refractivity contribution < 1.29 is 9.73 Å². The van der Waals surface area contributed by atoms with E-state index < -0.39 is 15.9 Å². The van der Waals surface area contributed by atoms with Crippen LogP contribution >= 0.6 is 27.7 Å². The highest BCUT2D eigenvalue weighted by molar-refractivity contribution is 9.10. The molecule has 0 radical (unpaired) electrons. The summed E-state index contributed by atoms with van der Waals surface area (Å²) in [6, 6.07) is 12.4. The zero-order valence-electron chi connectivity index (χ0n) is 11.5. The van der Waals surface area contributed by atoms with Crippen LogP contribution in [0.5, 0.6) is 0 Å². The lowest BCUT2D eigenvalue weighted by atomic mass is 9.95. The lowest BCUT2D eigenvalue weighted by Gasteiger charge is -2.23. The number of nitrogens with two attached hydrogens (primary N) is 1. The Bertz CT molecular complexity index is 774. The monoisotopic (exact) mass is 375 g/mol. The van der Waals surface area contributed by atoms with Crippen LogP contribution in [-0.4, -0.2) is 23.3 Å². The third-order valence-electron chi connectivity index (χ3n) is 4.90. The Morgan fingerprint density at radius 2 is 2.05 bits per heavy atom. The highest BCUT2D eigenvalue weighted by Gasteiger charge is 2.96. The fourth-order valence-electron chi connectivity index (χ4n) is 3.97. The summed E-state index contributed by atoms with van der Waals surface area (Å²) < 4.78 is 6.84. The summed E-state index contributed by atoms with van der Waals surface area (Å²) in [5.74, 6) is 0.840. The molecule has 1 aromatic carbocycles. The molecular weight excluding hydrogens is 364 g/mol. The number of thioether (sulfide) groups is 1. The van der Waals surface area contributed by atoms with E-state index in [9.17, 15) is 10.5 Å². The molecule has 2 aliphatic heterocycles. The maximum Gasteiger partial charge on any atom is 0.277 e. The molecule has 2 fully saturated rings. The minimum atomic E-state index is -1.03. The normalized spacial score (nSPS) is 41.6. The number of nitriles is 2. The molecule has 4 rings (SSSR count). The van der Waals surface area contributed by atoms with Gasteiger partial charge in [-0.1, -0.05) is 39.8 Å². The molecule has 0 aromatic heterocycles. The summed E-state index contributed by atoms with van der Waals surface area (Å²) in [6.07, 6.45) is 0. The lowest BCUT2D eigenvalue weighted by Crippen LogP contribution is -2.88. The zero-order chi connectivity index (χ0) is 15.6. The van der Waals surface area contributed by atoms with Gasteiger partial charge >= 0.3 is 0 Å². The van der Waals surface area contributed by atoms with Gasteiger partial charge in [0.05, 0.1) is 18.7 Å². The van der Waals surface area contributed by atoms with Crippen molar-refractivity contribution in [1.29, 1.82) is 10.5 Å². The van der Waals surface area contributed by atoms with Crippen LogP contribution in [0, 0.1) is 33.5 Å². The molecule has 5 nitrogen and oxygen atoms in total. The summed E-state index contributed by atoms with van der Waals surface area (Å²) in [4.78, 5) is 3.10. The Morgan fingerprint density at radius 3 is 2.59 bits per heavy atom. The van der Waals surface area contributed by atoms with Crippen molar-refractivity contribution in [2.24, 2.45) is 16.6 Å². The van der Waals surface area contributed by atoms with Crippen LogP contribution < -0.4 is 10.7 Å². The first-order valence-electron chi connectivity index (χ1n) is 6.85. The molecule has 7 heteroatoms. The van der Waals surface area contributed by atoms with Crippen molar-refractivity contribution >= 4 is 33.5 Å². The van der Waals surface area contributed by atoms with E-state index in [0.29, 0.717) is 12.4 Å². The van der Waals surface area contributed by atoms with Gasteiger partial charge in [0, 0.05) is 16.1 Å². The van der Waals surface area contributed by atoms with E-state index in [1.807, 2.05) is 24.3 Å². The summed E-state index contributed by atoms with van der Waals surface area (Å²) in [7, 11) is 0. The van der Waals surface area contributed by atoms with Gasteiger partial charge in [-0.05, 0) is 17.7 Å². The SMILES string of the molecule is N#C[C@@]12[C@@H](c3ccc(Br)cc3)[C@]1(C#N)C(N)=[NH+][C@@]21OCCS1. The van der Waals surface area contributed by atoms with Crippen molar-refractivity contribution in [3.8, 4) is 12.1 Å². The quantitative estimate of drug-likeness (QED) is 0.741. The first-order chi connectivity index (χ1) is 10.6. The average Bonchev–Trinajstić information content (AvgIpc) is 2.77. The third-order valence-corrected chi connectivity index (χ3v) is 6.75. The van der Waals surface area contributed by atoms with Crippen molar-refractivity contribution in [3.05, 3.63) is 34.3 Å². The van der Waals surface area contributed by atoms with E-state index in [2.05, 4.69) is 33.1 Å². The molecule has 1 saturated heterocycles. The zero-order valence-corrected chi connectivity index (χ0v) is 13.9. The van der Waals surface area contributed by atoms with Gasteiger partial charge in [-0.25, -0.2) is 4.99 Å². The van der Waals surface area contributed by atoms with Gasteiger partial charge < -0.3 is 4.74 Å². The molecule has 1 spiro atoms. The summed E-state index contributed by atoms with van der Waals surface area (Å²) in [6.45, 7) is 0.545. The molecule has 22 heavy (non-hydrogen) atoms. The fourth-order valence-corrected chi connectivity index (χ4v) is 5.59. The minimum Gasteiger partial charge on any atom is -0.327 e. The van der Waals surface area contributed by atoms with Crippen LogP contribution in [0.15, 0.2) is 28.7 Å². The number of fused-ring (bicyclic) bond motifs is 2. The van der Waals surface area contributed by atoms with E-state index in [1.54, 1.807) is 0 Å². The number of nitrogens with zero attached hydrogens (tertiary/aromatic N) is 2. The van der Waals surface area contributed by atoms with Crippen LogP contribution in [0.2, 0.25) is 0 Å². The Hall–Kier alpha value is -1.54. The number of benzene rings is 1. The van der Waals surface area contributed by atoms with Gasteiger partial charge in [0.2, 0.25) is 0 Å². The molecule has 4 atom stereocenters. The molecule has 3 aliphatic rings. The van der Waals surface area contributed by atoms with Crippen LogP contribution in [0.25, 0.3) is 0 Å². The van der Waals surface area contributed by atoms with Gasteiger partial charge in [0.25, 0.3) is 10.9 Å². The van der Waals surface area contributed by atoms with Crippen LogP contribution in [0.1, 0.15) is 11.5 Å². The van der Waals surface area contributed by atoms with Crippen LogP contribution in [0.3, 0.4) is 0 Å². The molecular formula is C15H12BrN4OS+. The number of amidine groups is 1. The lowest BCUT2D eigenvalue weighted by molar-refractivity contribution is -0.583. The first kappa shape index (κ1) is 14.1. The molecule has 110 valence electrons. The van der Waals surface area contributed by atoms with E-state index in [0.717, 1.165) is 15.8 Å². The number of hydrogen-bond acceptors (Lipinski definition) is 5. The smallest absolute Gasteiger partial charge is 0.277 e. The fraction of sp³-hybridized carbons (Fsp3) is 0.400. The molecule has 0 bridgehead atoms. The number of halogens is 1. The Kier molecular flexibility index (Phi) is 2.73. The van der Waals surface area contributed by atoms with Gasteiger partial charge in [-0.2, -0.15) is 10.5 Å². The summed E-state index contributed by atoms with van der Waals surface area (Å²) in [5, 5.41) is 18.9. The third kappa shape index (κ3) is 1.27. The maximum atomic E-state index is 9.98. The standard InChI is InChI=1S/C15H11BrN4OS/c16-10-3-1-9(2-4-10)11-13(7-17)12(19)20-15(14(11,13)8-18)21-5-6-22-15/h1-4,11H,5-6H2,(H2,19,20)/p+1/t11-,13+,14+,15+/m0/s1. The van der Waals surface area contributed by atoms with Crippen LogP contribution in [0.4, 0.5) is 0 Å². The molecule has 0 amide bonds. The largest absolute Gasteiger partial charge is 0.327 e. The summed E-state index contributed by atoms with van der Waals surface area (Å²) in [5.41, 5.74) is 5.08. The number of rotatable bonds is 1. The number of ether oxygens (including phenoxy) is 1. The summed E-state index contributed by atoms with van der Waals surface area (Å²) >= 11 is 4.94. The average molecular weight is 376 g/mol. The second kappa shape index (κ2) is 4.26. The molecule has 3 N–H and O–H groups in total. The van der Waals surface area contributed by atoms with E-state index in [-0.39, 0.29) is 5.92 Å². The second-order valence-corrected chi connectivity index (χ2v) is 7.86. The molecule has 0 unspecified atom stereocenters. The molecule has 1 aliphatic carbocycles. The van der Waals surface area contributed by atoms with Gasteiger partial charge in [0.15, 0.2) is 10.8 Å². The van der Waals surface area contributed by atoms with Crippen molar-refractivity contribution in [3.63, 3.8) is 0 Å². The van der Waals surface area contributed by atoms with Crippen LogP contribution in [-0.2, 0) is 4.74 Å². The molecule has 1 aromatic rings. The maximum absolute atomic E-state index is 9.98. The topological polar surface area (TPSA) is 96.8 Å². The second-order valence-electron chi connectivity index (χ2n) is 5.68. The van der Waals surface area contributed by atoms with Gasteiger partial charge in [-0.15, -0.1) is 0 Å².